The molecule has 46 valence electrons. The summed E-state index contributed by atoms with van der Waals surface area (Å²) >= 11 is 0. The zero-order chi connectivity index (χ0) is 6.41. The second-order valence-electron chi connectivity index (χ2n) is 0.961. The van der Waals surface area contributed by atoms with Crippen molar-refractivity contribution in [2.45, 2.75) is 0 Å². The average molecular weight is 116 g/mol. The maximum Gasteiger partial charge on any atom is 0.267 e. The minimum atomic E-state index is 0.160. The first-order chi connectivity index (χ1) is 3.85. The number of nitrogens with one attached hydrogen (secondary N) is 1. The molecule has 4 nitrogen and oxygen atoms in total. The van der Waals surface area contributed by atoms with Gasteiger partial charge in [0.2, 0.25) is 0 Å². The van der Waals surface area contributed by atoms with Crippen LogP contribution in [0.4, 0.5) is 0 Å². The summed E-state index contributed by atoms with van der Waals surface area (Å²) in [5.41, 5.74) is 0. The van der Waals surface area contributed by atoms with E-state index in [0.717, 1.165) is 6.21 Å². The Balaban J connectivity index is 3.66. The highest BCUT2D eigenvalue weighted by atomic mass is 16.6. The molecule has 1 N–H and O–H groups in total. The lowest BCUT2D eigenvalue weighted by molar-refractivity contribution is 0.201. The van der Waals surface area contributed by atoms with Crippen LogP contribution in [0.25, 0.3) is 0 Å². The van der Waals surface area contributed by atoms with Crippen molar-refractivity contribution in [3.05, 3.63) is 0 Å². The molecule has 0 radical (unpaired) electrons. The smallest absolute Gasteiger partial charge is 0.267 e. The molecule has 8 heavy (non-hydrogen) atoms. The van der Waals surface area contributed by atoms with Crippen LogP contribution in [0.1, 0.15) is 0 Å². The van der Waals surface area contributed by atoms with Crippen molar-refractivity contribution >= 4 is 12.1 Å². The third-order valence-electron chi connectivity index (χ3n) is 0.514. The fraction of sp³-hybridized carbons (Fsp3) is 0.500. The molecule has 0 aliphatic carbocycles. The van der Waals surface area contributed by atoms with Gasteiger partial charge in [0.15, 0.2) is 0 Å². The molecule has 0 amide bonds. The predicted molar refractivity (Wildman–Crippen MR) is 30.2 cm³/mol. The fourth-order valence-electron chi connectivity index (χ4n) is 0.213. The minimum Gasteiger partial charge on any atom is -0.478 e. The zero-order valence-corrected chi connectivity index (χ0v) is 4.84. The Morgan fingerprint density at radius 3 is 2.38 bits per heavy atom. The highest BCUT2D eigenvalue weighted by molar-refractivity contribution is 6.24. The Morgan fingerprint density at radius 1 is 1.62 bits per heavy atom. The lowest BCUT2D eigenvalue weighted by Gasteiger charge is -1.92. The van der Waals surface area contributed by atoms with Crippen LogP contribution in [0, 0.1) is 5.41 Å². The molecular formula is C4H8N2O2. The first-order valence-electron chi connectivity index (χ1n) is 2.00. The van der Waals surface area contributed by atoms with Gasteiger partial charge in [-0.05, 0) is 5.16 Å². The molecule has 0 aliphatic rings. The van der Waals surface area contributed by atoms with E-state index in [9.17, 15) is 0 Å². The van der Waals surface area contributed by atoms with Gasteiger partial charge in [-0.3, -0.25) is 0 Å². The van der Waals surface area contributed by atoms with Gasteiger partial charge in [0.05, 0.1) is 13.3 Å². The van der Waals surface area contributed by atoms with Gasteiger partial charge in [0.25, 0.3) is 5.90 Å². The van der Waals surface area contributed by atoms with E-state index in [1.807, 2.05) is 0 Å². The van der Waals surface area contributed by atoms with Crippen molar-refractivity contribution < 1.29 is 9.57 Å². The van der Waals surface area contributed by atoms with Crippen molar-refractivity contribution in [2.24, 2.45) is 5.16 Å². The van der Waals surface area contributed by atoms with Crippen LogP contribution in [0.15, 0.2) is 5.16 Å². The van der Waals surface area contributed by atoms with Gasteiger partial charge < -0.3 is 15.0 Å². The van der Waals surface area contributed by atoms with Crippen LogP contribution in [-0.4, -0.2) is 26.3 Å². The summed E-state index contributed by atoms with van der Waals surface area (Å²) in [4.78, 5) is 4.30. The molecule has 0 aromatic carbocycles. The number of oxime groups is 1. The van der Waals surface area contributed by atoms with Crippen LogP contribution >= 0.6 is 0 Å². The number of nitrogens with zero attached hydrogens (tertiary/aromatic N) is 1. The van der Waals surface area contributed by atoms with E-state index in [2.05, 4.69) is 14.7 Å². The van der Waals surface area contributed by atoms with Crippen LogP contribution in [0.2, 0.25) is 0 Å². The van der Waals surface area contributed by atoms with Gasteiger partial charge in [-0.1, -0.05) is 0 Å². The summed E-state index contributed by atoms with van der Waals surface area (Å²) in [5, 5.41) is 9.91. The molecule has 0 fully saturated rings. The Morgan fingerprint density at radius 2 is 2.25 bits per heavy atom. The summed E-state index contributed by atoms with van der Waals surface area (Å²) in [5.74, 6) is 0.160. The summed E-state index contributed by atoms with van der Waals surface area (Å²) in [6.07, 6.45) is 0.962. The highest BCUT2D eigenvalue weighted by Gasteiger charge is 1.86. The standard InChI is InChI=1S/C4H8N2O2/c1-7-4(3-5)6-8-2/h3,5H,1-2H3/b5-3?,6-4-. The SMILES string of the molecule is CO/N=C(/C=N)OC. The Labute approximate surface area is 47.6 Å². The largest absolute Gasteiger partial charge is 0.478 e. The minimum absolute atomic E-state index is 0.160. The summed E-state index contributed by atoms with van der Waals surface area (Å²) in [6.45, 7) is 0. The number of hydrogen-bond acceptors (Lipinski definition) is 4. The Hall–Kier alpha value is -1.06. The van der Waals surface area contributed by atoms with Crippen LogP contribution in [0.3, 0.4) is 0 Å². The quantitative estimate of drug-likeness (QED) is 0.319. The third-order valence-corrected chi connectivity index (χ3v) is 0.514. The topological polar surface area (TPSA) is 54.7 Å². The number of ether oxygens (including phenoxy) is 1. The molecule has 4 heteroatoms. The van der Waals surface area contributed by atoms with E-state index >= 15 is 0 Å². The van der Waals surface area contributed by atoms with Gasteiger partial charge in [-0.15, -0.1) is 0 Å². The molecule has 0 atom stereocenters. The molecule has 0 aliphatic heterocycles. The molecule has 0 bridgehead atoms. The van der Waals surface area contributed by atoms with Gasteiger partial charge >= 0.3 is 0 Å². The fourth-order valence-corrected chi connectivity index (χ4v) is 0.213. The molecule has 0 spiro atoms. The van der Waals surface area contributed by atoms with Crippen molar-refractivity contribution in [3.63, 3.8) is 0 Å². The Bertz CT molecular complexity index is 100. The molecular weight excluding hydrogens is 108 g/mol. The van der Waals surface area contributed by atoms with Crippen LogP contribution in [-0.2, 0) is 9.57 Å². The van der Waals surface area contributed by atoms with Crippen molar-refractivity contribution in [3.8, 4) is 0 Å². The molecule has 0 aromatic heterocycles. The third kappa shape index (κ3) is 2.17. The number of methoxy groups -OCH3 is 1. The maximum atomic E-state index is 6.60. The molecule has 0 aromatic rings. The van der Waals surface area contributed by atoms with E-state index in [-0.39, 0.29) is 5.90 Å². The van der Waals surface area contributed by atoms with Crippen molar-refractivity contribution in [2.75, 3.05) is 14.2 Å². The first-order valence-corrected chi connectivity index (χ1v) is 2.00. The van der Waals surface area contributed by atoms with Crippen LogP contribution in [0.5, 0.6) is 0 Å². The molecule has 0 saturated heterocycles. The molecule has 0 saturated carbocycles. The molecule has 0 unspecified atom stereocenters. The van der Waals surface area contributed by atoms with E-state index in [4.69, 9.17) is 5.41 Å². The zero-order valence-electron chi connectivity index (χ0n) is 4.84. The van der Waals surface area contributed by atoms with Crippen LogP contribution < -0.4 is 0 Å². The second kappa shape index (κ2) is 4.11. The van der Waals surface area contributed by atoms with Gasteiger partial charge in [0.1, 0.15) is 7.11 Å². The van der Waals surface area contributed by atoms with Crippen molar-refractivity contribution in [1.82, 2.24) is 0 Å². The monoisotopic (exact) mass is 116 g/mol. The summed E-state index contributed by atoms with van der Waals surface area (Å²) < 4.78 is 4.52. The normalized spacial score (nSPS) is 10.5. The predicted octanol–water partition coefficient (Wildman–Crippen LogP) is 0.242. The summed E-state index contributed by atoms with van der Waals surface area (Å²) in [7, 11) is 2.81. The first kappa shape index (κ1) is 6.94. The van der Waals surface area contributed by atoms with Crippen molar-refractivity contribution in [1.29, 1.82) is 5.41 Å². The maximum absolute atomic E-state index is 6.60. The average Bonchev–Trinajstić information content (AvgIpc) is 1.83. The molecule has 0 rings (SSSR count). The molecule has 0 heterocycles. The number of rotatable bonds is 2. The van der Waals surface area contributed by atoms with E-state index in [1.54, 1.807) is 0 Å². The number of hydrogen-bond donors (Lipinski definition) is 1. The van der Waals surface area contributed by atoms with Gasteiger partial charge in [-0.25, -0.2) is 0 Å². The van der Waals surface area contributed by atoms with Gasteiger partial charge in [0, 0.05) is 0 Å². The summed E-state index contributed by atoms with van der Waals surface area (Å²) in [6, 6.07) is 0. The van der Waals surface area contributed by atoms with E-state index in [1.165, 1.54) is 14.2 Å². The lowest BCUT2D eigenvalue weighted by atomic mass is 10.7. The highest BCUT2D eigenvalue weighted by Crippen LogP contribution is 1.74. The van der Waals surface area contributed by atoms with Gasteiger partial charge in [-0.2, -0.15) is 0 Å². The second-order valence-corrected chi connectivity index (χ2v) is 0.961. The van der Waals surface area contributed by atoms with E-state index in [0.29, 0.717) is 0 Å². The van der Waals surface area contributed by atoms with E-state index < -0.39 is 0 Å². The Kier molecular flexibility index (Phi) is 3.56. The lowest BCUT2D eigenvalue weighted by Crippen LogP contribution is -2.01.